The van der Waals surface area contributed by atoms with Gasteiger partial charge in [-0.3, -0.25) is 4.79 Å². The summed E-state index contributed by atoms with van der Waals surface area (Å²) in [5, 5.41) is 9.37. The van der Waals surface area contributed by atoms with Gasteiger partial charge in [0.15, 0.2) is 5.82 Å². The summed E-state index contributed by atoms with van der Waals surface area (Å²) in [4.78, 5) is 25.1. The van der Waals surface area contributed by atoms with Gasteiger partial charge in [-0.25, -0.2) is 15.0 Å². The zero-order chi connectivity index (χ0) is 29.0. The van der Waals surface area contributed by atoms with Crippen LogP contribution in [0, 0.1) is 11.3 Å². The van der Waals surface area contributed by atoms with Gasteiger partial charge < -0.3 is 19.3 Å². The summed E-state index contributed by atoms with van der Waals surface area (Å²) in [6.07, 6.45) is 12.2. The molecule has 1 unspecified atom stereocenters. The van der Waals surface area contributed by atoms with E-state index in [2.05, 4.69) is 35.7 Å². The van der Waals surface area contributed by atoms with Crippen LogP contribution in [-0.4, -0.2) is 45.3 Å². The molecule has 1 aromatic carbocycles. The Morgan fingerprint density at radius 1 is 0.951 bits per heavy atom. The van der Waals surface area contributed by atoms with Crippen LogP contribution >= 0.6 is 0 Å². The van der Waals surface area contributed by atoms with Crippen molar-refractivity contribution in [3.05, 3.63) is 60.0 Å². The summed E-state index contributed by atoms with van der Waals surface area (Å²) in [6.45, 7) is 6.61. The van der Waals surface area contributed by atoms with Crippen LogP contribution in [0.1, 0.15) is 82.8 Å². The summed E-state index contributed by atoms with van der Waals surface area (Å²) < 4.78 is 18.3. The number of ether oxygens (including phenoxy) is 3. The second-order valence-electron chi connectivity index (χ2n) is 12.6. The molecular formula is C33H41N3O5. The molecule has 0 bridgehead atoms. The summed E-state index contributed by atoms with van der Waals surface area (Å²) >= 11 is 0. The van der Waals surface area contributed by atoms with E-state index in [-0.39, 0.29) is 30.0 Å². The van der Waals surface area contributed by atoms with Crippen molar-refractivity contribution in [3.8, 4) is 28.8 Å². The first kappa shape index (κ1) is 28.8. The molecule has 8 nitrogen and oxygen atoms in total. The van der Waals surface area contributed by atoms with Crippen molar-refractivity contribution in [2.24, 2.45) is 11.3 Å². The van der Waals surface area contributed by atoms with E-state index in [4.69, 9.17) is 14.2 Å². The molecule has 3 aromatic rings. The summed E-state index contributed by atoms with van der Waals surface area (Å²) in [5.74, 6) is 2.36. The van der Waals surface area contributed by atoms with Crippen LogP contribution in [0.15, 0.2) is 48.9 Å². The topological polar surface area (TPSA) is 104 Å². The largest absolute Gasteiger partial charge is 0.497 e. The highest BCUT2D eigenvalue weighted by atomic mass is 16.5. The highest BCUT2D eigenvalue weighted by Crippen LogP contribution is 2.45. The lowest BCUT2D eigenvalue weighted by Crippen LogP contribution is -2.30. The fourth-order valence-electron chi connectivity index (χ4n) is 5.69. The molecule has 5 rings (SSSR count). The highest BCUT2D eigenvalue weighted by Gasteiger charge is 2.34. The summed E-state index contributed by atoms with van der Waals surface area (Å²) in [7, 11) is 1.65. The van der Waals surface area contributed by atoms with Gasteiger partial charge in [-0.2, -0.15) is 0 Å². The van der Waals surface area contributed by atoms with Crippen molar-refractivity contribution in [1.82, 2.24) is 15.0 Å². The Labute approximate surface area is 242 Å². The fraction of sp³-hybridized carbons (Fsp3) is 0.515. The maximum atomic E-state index is 11.4. The fourth-order valence-corrected chi connectivity index (χ4v) is 5.69. The normalized spacial score (nSPS) is 19.8. The number of aliphatic carboxylic acids is 1. The molecule has 41 heavy (non-hydrogen) atoms. The number of carboxylic acids is 1. The van der Waals surface area contributed by atoms with E-state index in [9.17, 15) is 9.90 Å². The molecule has 2 heterocycles. The lowest BCUT2D eigenvalue weighted by Gasteiger charge is -2.30. The number of aromatic nitrogens is 3. The lowest BCUT2D eigenvalue weighted by molar-refractivity contribution is -0.137. The SMILES string of the molecule is COc1ccc(-c2ncc(CC(C)(C)C)cn2)c(O[C@H]2CC[C@H](Oc3cc(C(CC(=O)O)C4CC4)ccn3)CC2)c1. The molecule has 0 spiro atoms. The molecule has 218 valence electrons. The minimum atomic E-state index is -0.761. The van der Waals surface area contributed by atoms with Gasteiger partial charge in [-0.05, 0) is 91.5 Å². The molecular weight excluding hydrogens is 518 g/mol. The minimum absolute atomic E-state index is 0.0257. The quantitative estimate of drug-likeness (QED) is 0.271. The molecule has 0 radical (unpaired) electrons. The standard InChI is InChI=1S/C33H41N3O5/c1-33(2,3)18-21-19-35-32(36-20-21)27-12-11-26(39-4)16-29(27)40-24-7-9-25(10-8-24)41-30-15-23(13-14-34-30)28(17-31(37)38)22-5-6-22/h11-16,19-20,22,24-25,28H,5-10,17-18H2,1-4H3,(H,37,38)/t24-,25-,28?. The number of methoxy groups -OCH3 is 1. The Balaban J connectivity index is 1.21. The van der Waals surface area contributed by atoms with Crippen LogP contribution in [-0.2, 0) is 11.2 Å². The predicted octanol–water partition coefficient (Wildman–Crippen LogP) is 6.87. The van der Waals surface area contributed by atoms with E-state index in [1.165, 1.54) is 0 Å². The first-order valence-corrected chi connectivity index (χ1v) is 14.7. The van der Waals surface area contributed by atoms with Crippen molar-refractivity contribution in [1.29, 1.82) is 0 Å². The van der Waals surface area contributed by atoms with E-state index in [0.717, 1.165) is 73.1 Å². The van der Waals surface area contributed by atoms with E-state index in [1.54, 1.807) is 13.3 Å². The molecule has 2 fully saturated rings. The average Bonchev–Trinajstić information content (AvgIpc) is 3.78. The van der Waals surface area contributed by atoms with Gasteiger partial charge in [0.2, 0.25) is 5.88 Å². The first-order chi connectivity index (χ1) is 19.7. The average molecular weight is 560 g/mol. The number of rotatable bonds is 11. The van der Waals surface area contributed by atoms with Gasteiger partial charge in [0.1, 0.15) is 17.6 Å². The smallest absolute Gasteiger partial charge is 0.303 e. The molecule has 1 atom stereocenters. The van der Waals surface area contributed by atoms with Crippen molar-refractivity contribution >= 4 is 5.97 Å². The minimum Gasteiger partial charge on any atom is -0.497 e. The molecule has 2 aromatic heterocycles. The first-order valence-electron chi connectivity index (χ1n) is 14.7. The number of carboxylic acid groups (broad SMARTS) is 1. The van der Waals surface area contributed by atoms with E-state index < -0.39 is 5.97 Å². The van der Waals surface area contributed by atoms with Crippen molar-refractivity contribution in [2.75, 3.05) is 7.11 Å². The van der Waals surface area contributed by atoms with Gasteiger partial charge in [0, 0.05) is 30.7 Å². The van der Waals surface area contributed by atoms with Crippen LogP contribution < -0.4 is 14.2 Å². The van der Waals surface area contributed by atoms with Crippen molar-refractivity contribution in [2.45, 2.75) is 90.3 Å². The monoisotopic (exact) mass is 559 g/mol. The Kier molecular flexibility index (Phi) is 8.76. The Morgan fingerprint density at radius 2 is 1.63 bits per heavy atom. The Bertz CT molecular complexity index is 1330. The maximum absolute atomic E-state index is 11.4. The van der Waals surface area contributed by atoms with Gasteiger partial charge >= 0.3 is 5.97 Å². The number of benzene rings is 1. The van der Waals surface area contributed by atoms with Crippen LogP contribution in [0.25, 0.3) is 11.4 Å². The van der Waals surface area contributed by atoms with E-state index in [1.807, 2.05) is 42.7 Å². The lowest BCUT2D eigenvalue weighted by atomic mass is 9.89. The number of pyridine rings is 1. The third-order valence-electron chi connectivity index (χ3n) is 7.84. The molecule has 2 aliphatic rings. The maximum Gasteiger partial charge on any atom is 0.303 e. The summed E-state index contributed by atoms with van der Waals surface area (Å²) in [5.41, 5.74) is 3.13. The van der Waals surface area contributed by atoms with E-state index in [0.29, 0.717) is 17.6 Å². The van der Waals surface area contributed by atoms with Crippen LogP contribution in [0.4, 0.5) is 0 Å². The highest BCUT2D eigenvalue weighted by molar-refractivity contribution is 5.68. The van der Waals surface area contributed by atoms with Gasteiger partial charge in [0.25, 0.3) is 0 Å². The molecule has 2 saturated carbocycles. The summed E-state index contributed by atoms with van der Waals surface area (Å²) in [6, 6.07) is 9.64. The number of hydrogen-bond donors (Lipinski definition) is 1. The van der Waals surface area contributed by atoms with Crippen LogP contribution in [0.5, 0.6) is 17.4 Å². The molecule has 1 N–H and O–H groups in total. The van der Waals surface area contributed by atoms with Crippen LogP contribution in [0.3, 0.4) is 0 Å². The second kappa shape index (κ2) is 12.5. The number of nitrogens with zero attached hydrogens (tertiary/aromatic N) is 3. The number of carbonyl (C=O) groups is 1. The van der Waals surface area contributed by atoms with Gasteiger partial charge in [0.05, 0.1) is 25.2 Å². The zero-order valence-corrected chi connectivity index (χ0v) is 24.5. The molecule has 2 aliphatic carbocycles. The third kappa shape index (κ3) is 7.96. The molecule has 0 amide bonds. The van der Waals surface area contributed by atoms with E-state index >= 15 is 0 Å². The molecule has 0 aliphatic heterocycles. The third-order valence-corrected chi connectivity index (χ3v) is 7.84. The Hall–Kier alpha value is -3.68. The predicted molar refractivity (Wildman–Crippen MR) is 156 cm³/mol. The molecule has 0 saturated heterocycles. The Morgan fingerprint density at radius 3 is 2.24 bits per heavy atom. The van der Waals surface area contributed by atoms with Crippen LogP contribution in [0.2, 0.25) is 0 Å². The second-order valence-corrected chi connectivity index (χ2v) is 12.6. The van der Waals surface area contributed by atoms with Gasteiger partial charge in [-0.15, -0.1) is 0 Å². The van der Waals surface area contributed by atoms with Crippen molar-refractivity contribution in [3.63, 3.8) is 0 Å². The number of hydrogen-bond acceptors (Lipinski definition) is 7. The van der Waals surface area contributed by atoms with Crippen molar-refractivity contribution < 1.29 is 24.1 Å². The van der Waals surface area contributed by atoms with Gasteiger partial charge in [-0.1, -0.05) is 20.8 Å². The molecule has 8 heteroatoms. The zero-order valence-electron chi connectivity index (χ0n) is 24.5.